The Kier molecular flexibility index (Phi) is 6.99. The Morgan fingerprint density at radius 1 is 1.06 bits per heavy atom. The molecule has 0 fully saturated rings. The molecule has 3 aromatic rings. The third-order valence-electron chi connectivity index (χ3n) is 4.30. The first-order chi connectivity index (χ1) is 14.9. The Morgan fingerprint density at radius 3 is 2.55 bits per heavy atom. The van der Waals surface area contributed by atoms with E-state index in [0.717, 1.165) is 0 Å². The number of methoxy groups -OCH3 is 2. The lowest BCUT2D eigenvalue weighted by Crippen LogP contribution is -2.21. The molecule has 2 N–H and O–H groups in total. The van der Waals surface area contributed by atoms with Crippen LogP contribution in [0.2, 0.25) is 0 Å². The van der Waals surface area contributed by atoms with E-state index in [4.69, 9.17) is 9.47 Å². The maximum absolute atomic E-state index is 13.2. The second kappa shape index (κ2) is 9.86. The van der Waals surface area contributed by atoms with E-state index in [1.54, 1.807) is 42.6 Å². The molecule has 0 atom stereocenters. The van der Waals surface area contributed by atoms with Crippen molar-refractivity contribution in [2.24, 2.45) is 5.10 Å². The smallest absolute Gasteiger partial charge is 0.274 e. The van der Waals surface area contributed by atoms with Crippen LogP contribution in [0.1, 0.15) is 31.8 Å². The van der Waals surface area contributed by atoms with E-state index in [2.05, 4.69) is 15.8 Å². The standard InChI is InChI=1S/C22H20FN3O4S/c1-13-12-31-22(25-20(27)15-7-8-17(29-2)18(10-15)30-3)19(13)21(28)26-24-11-14-5-4-6-16(23)9-14/h4-12H,1-3H3,(H,25,27)(H,26,28)/b24-11+. The highest BCUT2D eigenvalue weighted by Crippen LogP contribution is 2.30. The average Bonchev–Trinajstić information content (AvgIpc) is 3.13. The second-order valence-electron chi connectivity index (χ2n) is 6.40. The number of halogens is 1. The topological polar surface area (TPSA) is 89.0 Å². The Hall–Kier alpha value is -3.72. The van der Waals surface area contributed by atoms with Gasteiger partial charge in [-0.25, -0.2) is 9.82 Å². The third-order valence-corrected chi connectivity index (χ3v) is 5.32. The van der Waals surface area contributed by atoms with Crippen LogP contribution >= 0.6 is 11.3 Å². The summed E-state index contributed by atoms with van der Waals surface area (Å²) in [5.74, 6) is -0.373. The van der Waals surface area contributed by atoms with Gasteiger partial charge < -0.3 is 14.8 Å². The number of carbonyl (C=O) groups is 2. The van der Waals surface area contributed by atoms with E-state index < -0.39 is 17.6 Å². The lowest BCUT2D eigenvalue weighted by Gasteiger charge is -2.10. The van der Waals surface area contributed by atoms with Crippen molar-refractivity contribution in [3.05, 3.63) is 75.9 Å². The van der Waals surface area contributed by atoms with Crippen molar-refractivity contribution in [3.8, 4) is 11.5 Å². The van der Waals surface area contributed by atoms with Crippen molar-refractivity contribution in [3.63, 3.8) is 0 Å². The number of carbonyl (C=O) groups excluding carboxylic acids is 2. The van der Waals surface area contributed by atoms with Gasteiger partial charge in [0.15, 0.2) is 11.5 Å². The summed E-state index contributed by atoms with van der Waals surface area (Å²) >= 11 is 1.23. The van der Waals surface area contributed by atoms with Crippen LogP contribution in [-0.4, -0.2) is 32.2 Å². The number of amides is 2. The van der Waals surface area contributed by atoms with E-state index in [9.17, 15) is 14.0 Å². The molecule has 2 amide bonds. The van der Waals surface area contributed by atoms with Gasteiger partial charge in [-0.05, 0) is 53.8 Å². The molecule has 0 spiro atoms. The van der Waals surface area contributed by atoms with Gasteiger partial charge in [0, 0.05) is 5.56 Å². The van der Waals surface area contributed by atoms with Gasteiger partial charge >= 0.3 is 0 Å². The molecule has 31 heavy (non-hydrogen) atoms. The highest BCUT2D eigenvalue weighted by atomic mass is 32.1. The zero-order valence-electron chi connectivity index (χ0n) is 17.1. The molecule has 0 saturated carbocycles. The molecule has 0 unspecified atom stereocenters. The summed E-state index contributed by atoms with van der Waals surface area (Å²) in [7, 11) is 2.99. The molecule has 0 saturated heterocycles. The number of ether oxygens (including phenoxy) is 2. The fraction of sp³-hybridized carbons (Fsp3) is 0.136. The lowest BCUT2D eigenvalue weighted by molar-refractivity contribution is 0.0956. The molecule has 0 aliphatic heterocycles. The van der Waals surface area contributed by atoms with Gasteiger partial charge in [0.1, 0.15) is 10.8 Å². The minimum atomic E-state index is -0.492. The first-order valence-electron chi connectivity index (χ1n) is 9.13. The molecule has 0 bridgehead atoms. The van der Waals surface area contributed by atoms with Gasteiger partial charge in [-0.1, -0.05) is 12.1 Å². The average molecular weight is 441 g/mol. The van der Waals surface area contributed by atoms with Crippen molar-refractivity contribution >= 4 is 34.4 Å². The summed E-state index contributed by atoms with van der Waals surface area (Å²) in [6.45, 7) is 1.76. The summed E-state index contributed by atoms with van der Waals surface area (Å²) in [6, 6.07) is 10.6. The predicted octanol–water partition coefficient (Wildman–Crippen LogP) is 4.23. The normalized spacial score (nSPS) is 10.7. The number of rotatable bonds is 7. The number of nitrogens with one attached hydrogen (secondary N) is 2. The minimum absolute atomic E-state index is 0.301. The molecule has 7 nitrogen and oxygen atoms in total. The van der Waals surface area contributed by atoms with E-state index in [0.29, 0.717) is 38.8 Å². The van der Waals surface area contributed by atoms with Crippen molar-refractivity contribution in [2.45, 2.75) is 6.92 Å². The first-order valence-corrected chi connectivity index (χ1v) is 10.0. The van der Waals surface area contributed by atoms with E-state index >= 15 is 0 Å². The zero-order valence-corrected chi connectivity index (χ0v) is 17.9. The van der Waals surface area contributed by atoms with Crippen molar-refractivity contribution in [1.29, 1.82) is 0 Å². The molecular formula is C22H20FN3O4S. The lowest BCUT2D eigenvalue weighted by atomic mass is 10.1. The number of anilines is 1. The summed E-state index contributed by atoms with van der Waals surface area (Å²) < 4.78 is 23.6. The molecule has 160 valence electrons. The molecule has 9 heteroatoms. The van der Waals surface area contributed by atoms with Crippen molar-refractivity contribution in [1.82, 2.24) is 5.43 Å². The fourth-order valence-electron chi connectivity index (χ4n) is 2.78. The number of thiophene rings is 1. The molecule has 1 heterocycles. The van der Waals surface area contributed by atoms with Crippen molar-refractivity contribution in [2.75, 3.05) is 19.5 Å². The van der Waals surface area contributed by atoms with E-state index in [1.165, 1.54) is 43.9 Å². The highest BCUT2D eigenvalue weighted by Gasteiger charge is 2.19. The van der Waals surface area contributed by atoms with Crippen LogP contribution in [-0.2, 0) is 0 Å². The van der Waals surface area contributed by atoms with E-state index in [-0.39, 0.29) is 0 Å². The summed E-state index contributed by atoms with van der Waals surface area (Å²) in [5, 5.41) is 8.77. The quantitative estimate of drug-likeness (QED) is 0.424. The molecule has 0 aliphatic rings. The Bertz CT molecular complexity index is 1140. The van der Waals surface area contributed by atoms with Crippen LogP contribution < -0.4 is 20.2 Å². The summed E-state index contributed by atoms with van der Waals surface area (Å²) in [6.07, 6.45) is 1.34. The van der Waals surface area contributed by atoms with Crippen LogP contribution in [0.4, 0.5) is 9.39 Å². The monoisotopic (exact) mass is 441 g/mol. The SMILES string of the molecule is COc1ccc(C(=O)Nc2scc(C)c2C(=O)N/N=C/c2cccc(F)c2)cc1OC. The molecular weight excluding hydrogens is 421 g/mol. The van der Waals surface area contributed by atoms with E-state index in [1.807, 2.05) is 0 Å². The number of hydrogen-bond acceptors (Lipinski definition) is 6. The first kappa shape index (κ1) is 22.0. The highest BCUT2D eigenvalue weighted by molar-refractivity contribution is 7.15. The van der Waals surface area contributed by atoms with Gasteiger partial charge in [-0.15, -0.1) is 11.3 Å². The maximum Gasteiger partial charge on any atom is 0.274 e. The van der Waals surface area contributed by atoms with Gasteiger partial charge in [0.2, 0.25) is 0 Å². The van der Waals surface area contributed by atoms with Crippen LogP contribution in [0.15, 0.2) is 52.9 Å². The number of benzene rings is 2. The number of nitrogens with zero attached hydrogens (tertiary/aromatic N) is 1. The Labute approximate surface area is 182 Å². The van der Waals surface area contributed by atoms with Gasteiger partial charge in [-0.2, -0.15) is 5.10 Å². The molecule has 2 aromatic carbocycles. The molecule has 0 radical (unpaired) electrons. The van der Waals surface area contributed by atoms with Crippen LogP contribution in [0.25, 0.3) is 0 Å². The zero-order chi connectivity index (χ0) is 22.4. The van der Waals surface area contributed by atoms with Crippen LogP contribution in [0, 0.1) is 12.7 Å². The fourth-order valence-corrected chi connectivity index (χ4v) is 3.72. The Balaban J connectivity index is 1.74. The second-order valence-corrected chi connectivity index (χ2v) is 7.28. The summed E-state index contributed by atoms with van der Waals surface area (Å²) in [5.41, 5.74) is 4.25. The minimum Gasteiger partial charge on any atom is -0.493 e. The maximum atomic E-state index is 13.2. The largest absolute Gasteiger partial charge is 0.493 e. The molecule has 1 aromatic heterocycles. The molecule has 0 aliphatic carbocycles. The third kappa shape index (κ3) is 5.26. The van der Waals surface area contributed by atoms with Crippen LogP contribution in [0.5, 0.6) is 11.5 Å². The number of hydrogen-bond donors (Lipinski definition) is 2. The van der Waals surface area contributed by atoms with Gasteiger partial charge in [0.05, 0.1) is 26.0 Å². The summed E-state index contributed by atoms with van der Waals surface area (Å²) in [4.78, 5) is 25.3. The number of hydrazone groups is 1. The van der Waals surface area contributed by atoms with Gasteiger partial charge in [0.25, 0.3) is 11.8 Å². The number of aryl methyl sites for hydroxylation is 1. The van der Waals surface area contributed by atoms with Crippen molar-refractivity contribution < 1.29 is 23.5 Å². The van der Waals surface area contributed by atoms with Gasteiger partial charge in [-0.3, -0.25) is 9.59 Å². The molecule has 3 rings (SSSR count). The Morgan fingerprint density at radius 2 is 1.84 bits per heavy atom. The van der Waals surface area contributed by atoms with Crippen LogP contribution in [0.3, 0.4) is 0 Å². The predicted molar refractivity (Wildman–Crippen MR) is 118 cm³/mol.